The summed E-state index contributed by atoms with van der Waals surface area (Å²) in [6.07, 6.45) is 3.73. The molecule has 3 aromatic rings. The highest BCUT2D eigenvalue weighted by Gasteiger charge is 2.29. The first kappa shape index (κ1) is 19.6. The van der Waals surface area contributed by atoms with Gasteiger partial charge in [-0.3, -0.25) is 4.79 Å². The molecule has 4 rings (SSSR count). The van der Waals surface area contributed by atoms with Crippen LogP contribution in [0, 0.1) is 12.3 Å². The zero-order valence-corrected chi connectivity index (χ0v) is 17.0. The number of thiophene rings is 1. The van der Waals surface area contributed by atoms with Gasteiger partial charge >= 0.3 is 0 Å². The van der Waals surface area contributed by atoms with Gasteiger partial charge in [0.05, 0.1) is 0 Å². The topological polar surface area (TPSA) is 63.3 Å². The smallest absolute Gasteiger partial charge is 0.290 e. The van der Waals surface area contributed by atoms with Crippen molar-refractivity contribution in [3.8, 4) is 10.4 Å². The third-order valence-corrected chi connectivity index (χ3v) is 6.91. The van der Waals surface area contributed by atoms with Gasteiger partial charge in [-0.2, -0.15) is 0 Å². The third-order valence-electron chi connectivity index (χ3n) is 5.47. The first-order chi connectivity index (χ1) is 12.9. The molecule has 27 heavy (non-hydrogen) atoms. The van der Waals surface area contributed by atoms with Crippen LogP contribution in [0.5, 0.6) is 0 Å². The van der Waals surface area contributed by atoms with E-state index >= 15 is 0 Å². The third kappa shape index (κ3) is 3.92. The van der Waals surface area contributed by atoms with Gasteiger partial charge in [0.1, 0.15) is 0 Å². The molecule has 4 heteroatoms. The summed E-state index contributed by atoms with van der Waals surface area (Å²) in [5.41, 5.74) is 12.1. The Balaban J connectivity index is 0.000000659. The predicted octanol–water partition coefficient (Wildman–Crippen LogP) is 5.55. The van der Waals surface area contributed by atoms with Crippen LogP contribution in [0.3, 0.4) is 0 Å². The van der Waals surface area contributed by atoms with Crippen molar-refractivity contribution in [2.24, 2.45) is 11.1 Å². The SMILES string of the molecule is Cc1c(-c2cc(CN)c3ccccc3c2)sc2c1CC(C)(C)CC2.O=CO. The Bertz CT molecular complexity index is 972. The second-order valence-corrected chi connectivity index (χ2v) is 9.07. The highest BCUT2D eigenvalue weighted by atomic mass is 32.1. The zero-order valence-electron chi connectivity index (χ0n) is 16.2. The number of aryl methyl sites for hydroxylation is 1. The lowest BCUT2D eigenvalue weighted by molar-refractivity contribution is -0.122. The zero-order chi connectivity index (χ0) is 19.6. The molecular weight excluding hydrogens is 354 g/mol. The summed E-state index contributed by atoms with van der Waals surface area (Å²) in [5, 5.41) is 9.46. The summed E-state index contributed by atoms with van der Waals surface area (Å²) in [6.45, 7) is 7.44. The molecule has 142 valence electrons. The normalized spacial score (nSPS) is 15.0. The molecule has 0 bridgehead atoms. The quantitative estimate of drug-likeness (QED) is 0.572. The van der Waals surface area contributed by atoms with Gasteiger partial charge in [0, 0.05) is 16.3 Å². The number of fused-ring (bicyclic) bond motifs is 2. The van der Waals surface area contributed by atoms with Crippen LogP contribution in [-0.2, 0) is 24.2 Å². The monoisotopic (exact) mass is 381 g/mol. The Hall–Kier alpha value is -2.17. The molecule has 1 aliphatic rings. The molecule has 3 nitrogen and oxygen atoms in total. The van der Waals surface area contributed by atoms with Crippen LogP contribution in [0.2, 0.25) is 0 Å². The average molecular weight is 382 g/mol. The van der Waals surface area contributed by atoms with Crippen molar-refractivity contribution in [3.05, 3.63) is 58.0 Å². The van der Waals surface area contributed by atoms with E-state index in [2.05, 4.69) is 57.2 Å². The van der Waals surface area contributed by atoms with Gasteiger partial charge < -0.3 is 10.8 Å². The number of carboxylic acid groups (broad SMARTS) is 1. The molecule has 0 fully saturated rings. The van der Waals surface area contributed by atoms with Crippen LogP contribution < -0.4 is 5.73 Å². The van der Waals surface area contributed by atoms with E-state index in [9.17, 15) is 0 Å². The van der Waals surface area contributed by atoms with Crippen LogP contribution in [-0.4, -0.2) is 11.6 Å². The summed E-state index contributed by atoms with van der Waals surface area (Å²) >= 11 is 2.00. The van der Waals surface area contributed by atoms with Gasteiger partial charge in [-0.05, 0) is 76.8 Å². The molecule has 0 saturated carbocycles. The fourth-order valence-corrected chi connectivity index (χ4v) is 5.34. The second-order valence-electron chi connectivity index (χ2n) is 7.96. The van der Waals surface area contributed by atoms with Crippen LogP contribution >= 0.6 is 11.3 Å². The Morgan fingerprint density at radius 1 is 1.26 bits per heavy atom. The van der Waals surface area contributed by atoms with Crippen LogP contribution in [0.1, 0.15) is 41.8 Å². The van der Waals surface area contributed by atoms with Crippen molar-refractivity contribution in [2.45, 2.75) is 46.6 Å². The maximum atomic E-state index is 8.36. The molecule has 3 N–H and O–H groups in total. The number of benzene rings is 2. The van der Waals surface area contributed by atoms with Crippen LogP contribution in [0.15, 0.2) is 36.4 Å². The molecule has 1 aromatic heterocycles. The number of hydrogen-bond acceptors (Lipinski definition) is 3. The van der Waals surface area contributed by atoms with E-state index < -0.39 is 0 Å². The Kier molecular flexibility index (Phi) is 5.68. The largest absolute Gasteiger partial charge is 0.483 e. The summed E-state index contributed by atoms with van der Waals surface area (Å²) < 4.78 is 0. The van der Waals surface area contributed by atoms with Crippen molar-refractivity contribution in [3.63, 3.8) is 0 Å². The Morgan fingerprint density at radius 3 is 2.67 bits per heavy atom. The molecular formula is C23H27NO2S. The van der Waals surface area contributed by atoms with Crippen molar-refractivity contribution in [1.29, 1.82) is 0 Å². The maximum Gasteiger partial charge on any atom is 0.290 e. The minimum atomic E-state index is -0.250. The van der Waals surface area contributed by atoms with E-state index in [1.807, 2.05) is 11.3 Å². The van der Waals surface area contributed by atoms with Gasteiger partial charge in [0.2, 0.25) is 0 Å². The minimum Gasteiger partial charge on any atom is -0.483 e. The van der Waals surface area contributed by atoms with Crippen molar-refractivity contribution < 1.29 is 9.90 Å². The Morgan fingerprint density at radius 2 is 1.96 bits per heavy atom. The highest BCUT2D eigenvalue weighted by Crippen LogP contribution is 2.45. The molecule has 0 aliphatic heterocycles. The molecule has 0 unspecified atom stereocenters. The maximum absolute atomic E-state index is 8.36. The number of rotatable bonds is 2. The molecule has 0 saturated heterocycles. The molecule has 2 aromatic carbocycles. The fourth-order valence-electron chi connectivity index (χ4n) is 4.02. The fraction of sp³-hybridized carbons (Fsp3) is 0.348. The van der Waals surface area contributed by atoms with Crippen molar-refractivity contribution in [1.82, 2.24) is 0 Å². The Labute approximate surface area is 164 Å². The van der Waals surface area contributed by atoms with Gasteiger partial charge in [-0.1, -0.05) is 38.1 Å². The summed E-state index contributed by atoms with van der Waals surface area (Å²) in [7, 11) is 0. The lowest BCUT2D eigenvalue weighted by Gasteiger charge is -2.29. The first-order valence-corrected chi connectivity index (χ1v) is 10.1. The minimum absolute atomic E-state index is 0.250. The molecule has 0 atom stereocenters. The van der Waals surface area contributed by atoms with Crippen molar-refractivity contribution in [2.75, 3.05) is 0 Å². The number of carbonyl (C=O) groups is 1. The van der Waals surface area contributed by atoms with E-state index in [1.165, 1.54) is 51.6 Å². The second kappa shape index (κ2) is 7.83. The first-order valence-electron chi connectivity index (χ1n) is 9.31. The van der Waals surface area contributed by atoms with E-state index in [4.69, 9.17) is 15.6 Å². The number of hydrogen-bond donors (Lipinski definition) is 2. The highest BCUT2D eigenvalue weighted by molar-refractivity contribution is 7.16. The summed E-state index contributed by atoms with van der Waals surface area (Å²) in [6, 6.07) is 13.2. The molecule has 1 heterocycles. The van der Waals surface area contributed by atoms with Gasteiger partial charge in [-0.15, -0.1) is 11.3 Å². The van der Waals surface area contributed by atoms with E-state index in [0.29, 0.717) is 12.0 Å². The average Bonchev–Trinajstić information content (AvgIpc) is 2.96. The van der Waals surface area contributed by atoms with Gasteiger partial charge in [0.25, 0.3) is 6.47 Å². The van der Waals surface area contributed by atoms with Crippen LogP contribution in [0.25, 0.3) is 21.2 Å². The summed E-state index contributed by atoms with van der Waals surface area (Å²) in [5.74, 6) is 0. The number of nitrogens with two attached hydrogens (primary N) is 1. The molecule has 0 radical (unpaired) electrons. The van der Waals surface area contributed by atoms with E-state index in [0.717, 1.165) is 0 Å². The standard InChI is InChI=1S/C22H25NS.CH2O2/c1-14-19-12-22(2,3)9-8-20(19)24-21(14)16-10-15-6-4-5-7-18(15)17(11-16)13-23;2-1-3/h4-7,10-11H,8-9,12-13,23H2,1-3H3;1H,(H,2,3). The molecule has 0 spiro atoms. The predicted molar refractivity (Wildman–Crippen MR) is 114 cm³/mol. The summed E-state index contributed by atoms with van der Waals surface area (Å²) in [4.78, 5) is 11.4. The van der Waals surface area contributed by atoms with Crippen LogP contribution in [0.4, 0.5) is 0 Å². The van der Waals surface area contributed by atoms with E-state index in [-0.39, 0.29) is 6.47 Å². The molecule has 0 amide bonds. The van der Waals surface area contributed by atoms with Gasteiger partial charge in [0.15, 0.2) is 0 Å². The molecule has 1 aliphatic carbocycles. The lowest BCUT2D eigenvalue weighted by Crippen LogP contribution is -2.21. The van der Waals surface area contributed by atoms with Crippen molar-refractivity contribution >= 4 is 28.6 Å². The van der Waals surface area contributed by atoms with E-state index in [1.54, 1.807) is 10.4 Å². The lowest BCUT2D eigenvalue weighted by atomic mass is 9.76. The van der Waals surface area contributed by atoms with Gasteiger partial charge in [-0.25, -0.2) is 0 Å².